The van der Waals surface area contributed by atoms with Crippen molar-refractivity contribution in [1.82, 2.24) is 15.1 Å². The molecule has 1 aliphatic rings. The van der Waals surface area contributed by atoms with E-state index < -0.39 is 18.0 Å². The van der Waals surface area contributed by atoms with E-state index >= 15 is 0 Å². The highest BCUT2D eigenvalue weighted by Crippen LogP contribution is 2.11. The minimum Gasteiger partial charge on any atom is -0.337 e. The van der Waals surface area contributed by atoms with Gasteiger partial charge in [0.05, 0.1) is 0 Å². The van der Waals surface area contributed by atoms with Crippen LogP contribution in [0.25, 0.3) is 0 Å². The van der Waals surface area contributed by atoms with Gasteiger partial charge in [0.1, 0.15) is 6.54 Å². The second-order valence-electron chi connectivity index (χ2n) is 5.43. The molecule has 0 aromatic carbocycles. The van der Waals surface area contributed by atoms with Crippen molar-refractivity contribution in [2.75, 3.05) is 19.6 Å². The molecule has 1 fully saturated rings. The molecule has 1 N–H and O–H groups in total. The maximum absolute atomic E-state index is 12.0. The lowest BCUT2D eigenvalue weighted by atomic mass is 10.1. The molecule has 0 saturated carbocycles. The summed E-state index contributed by atoms with van der Waals surface area (Å²) in [5.41, 5.74) is 0. The third kappa shape index (κ3) is 5.36. The maximum atomic E-state index is 12.0. The van der Waals surface area contributed by atoms with Crippen LogP contribution >= 0.6 is 0 Å². The van der Waals surface area contributed by atoms with E-state index in [4.69, 9.17) is 0 Å². The zero-order valence-corrected chi connectivity index (χ0v) is 13.2. The Balaban J connectivity index is 2.33. The number of hydrogen-bond donors (Lipinski definition) is 1. The van der Waals surface area contributed by atoms with E-state index in [2.05, 4.69) is 12.2 Å². The van der Waals surface area contributed by atoms with E-state index in [-0.39, 0.29) is 6.54 Å². The van der Waals surface area contributed by atoms with Crippen LogP contribution in [0.3, 0.4) is 0 Å². The number of amides is 5. The van der Waals surface area contributed by atoms with Crippen LogP contribution in [-0.4, -0.2) is 47.4 Å². The van der Waals surface area contributed by atoms with Crippen LogP contribution in [0.1, 0.15) is 58.8 Å². The van der Waals surface area contributed by atoms with Crippen molar-refractivity contribution in [1.29, 1.82) is 0 Å². The molecule has 0 aliphatic carbocycles. The quantitative estimate of drug-likeness (QED) is 0.525. The lowest BCUT2D eigenvalue weighted by Gasteiger charge is -2.16. The van der Waals surface area contributed by atoms with Gasteiger partial charge in [0.25, 0.3) is 5.91 Å². The van der Waals surface area contributed by atoms with E-state index in [0.717, 1.165) is 37.0 Å². The second-order valence-corrected chi connectivity index (χ2v) is 5.43. The molecule has 120 valence electrons. The number of rotatable bonds is 9. The number of urea groups is 2. The third-order valence-corrected chi connectivity index (χ3v) is 3.58. The zero-order valence-electron chi connectivity index (χ0n) is 13.2. The molecule has 1 heterocycles. The Hall–Kier alpha value is -1.59. The Kier molecular flexibility index (Phi) is 7.79. The Bertz CT molecular complexity index is 371. The molecule has 1 saturated heterocycles. The Morgan fingerprint density at radius 1 is 1.05 bits per heavy atom. The van der Waals surface area contributed by atoms with Gasteiger partial charge >= 0.3 is 12.1 Å². The molecule has 0 radical (unpaired) electrons. The van der Waals surface area contributed by atoms with Crippen LogP contribution in [0.5, 0.6) is 0 Å². The standard InChI is InChI=1S/C15H27N3O3/c1-3-5-7-8-9-10-16-14(20)18-13(19)12-17(15(18)21)11-6-4-2/h3-12H2,1-2H3,(H,16,20). The topological polar surface area (TPSA) is 69.7 Å². The lowest BCUT2D eigenvalue weighted by Crippen LogP contribution is -2.44. The van der Waals surface area contributed by atoms with Crippen molar-refractivity contribution in [2.24, 2.45) is 0 Å². The predicted octanol–water partition coefficient (Wildman–Crippen LogP) is 2.73. The van der Waals surface area contributed by atoms with Crippen molar-refractivity contribution >= 4 is 18.0 Å². The summed E-state index contributed by atoms with van der Waals surface area (Å²) in [6, 6.07) is -1.07. The van der Waals surface area contributed by atoms with Gasteiger partial charge in [-0.3, -0.25) is 4.79 Å². The number of imide groups is 3. The highest BCUT2D eigenvalue weighted by Gasteiger charge is 2.39. The molecular weight excluding hydrogens is 270 g/mol. The van der Waals surface area contributed by atoms with E-state index in [9.17, 15) is 14.4 Å². The fourth-order valence-electron chi connectivity index (χ4n) is 2.28. The van der Waals surface area contributed by atoms with E-state index in [1.165, 1.54) is 17.7 Å². The average Bonchev–Trinajstić information content (AvgIpc) is 2.74. The van der Waals surface area contributed by atoms with Gasteiger partial charge in [-0.25, -0.2) is 9.59 Å². The first-order valence-corrected chi connectivity index (χ1v) is 8.01. The van der Waals surface area contributed by atoms with Crippen LogP contribution in [-0.2, 0) is 4.79 Å². The van der Waals surface area contributed by atoms with Crippen molar-refractivity contribution in [3.05, 3.63) is 0 Å². The minimum atomic E-state index is -0.584. The van der Waals surface area contributed by atoms with Crippen LogP contribution in [0, 0.1) is 0 Å². The number of unbranched alkanes of at least 4 members (excludes halogenated alkanes) is 5. The number of hydrogen-bond acceptors (Lipinski definition) is 3. The van der Waals surface area contributed by atoms with Gasteiger partial charge in [-0.2, -0.15) is 4.90 Å². The molecule has 0 aromatic rings. The largest absolute Gasteiger partial charge is 0.337 e. The normalized spacial score (nSPS) is 15.0. The second kappa shape index (κ2) is 9.37. The highest BCUT2D eigenvalue weighted by atomic mass is 16.2. The van der Waals surface area contributed by atoms with Crippen LogP contribution < -0.4 is 5.32 Å². The van der Waals surface area contributed by atoms with E-state index in [1.807, 2.05) is 6.92 Å². The number of nitrogens with one attached hydrogen (secondary N) is 1. The van der Waals surface area contributed by atoms with E-state index in [0.29, 0.717) is 13.1 Å². The molecule has 1 rings (SSSR count). The van der Waals surface area contributed by atoms with E-state index in [1.54, 1.807) is 0 Å². The monoisotopic (exact) mass is 297 g/mol. The van der Waals surface area contributed by atoms with Gasteiger partial charge in [-0.1, -0.05) is 46.0 Å². The van der Waals surface area contributed by atoms with Crippen molar-refractivity contribution in [3.63, 3.8) is 0 Å². The summed E-state index contributed by atoms with van der Waals surface area (Å²) >= 11 is 0. The lowest BCUT2D eigenvalue weighted by molar-refractivity contribution is -0.123. The summed E-state index contributed by atoms with van der Waals surface area (Å²) in [4.78, 5) is 37.9. The fraction of sp³-hybridized carbons (Fsp3) is 0.800. The summed E-state index contributed by atoms with van der Waals surface area (Å²) in [6.45, 7) is 5.22. The fourth-order valence-corrected chi connectivity index (χ4v) is 2.28. The zero-order chi connectivity index (χ0) is 15.7. The minimum absolute atomic E-state index is 0.0166. The molecule has 6 nitrogen and oxygen atoms in total. The molecule has 0 aromatic heterocycles. The average molecular weight is 297 g/mol. The third-order valence-electron chi connectivity index (χ3n) is 3.58. The molecule has 0 bridgehead atoms. The molecule has 0 atom stereocenters. The van der Waals surface area contributed by atoms with Crippen molar-refractivity contribution in [2.45, 2.75) is 58.8 Å². The van der Waals surface area contributed by atoms with Gasteiger partial charge in [-0.05, 0) is 12.8 Å². The van der Waals surface area contributed by atoms with Crippen molar-refractivity contribution in [3.8, 4) is 0 Å². The van der Waals surface area contributed by atoms with Gasteiger partial charge in [0.2, 0.25) is 0 Å². The molecular formula is C15H27N3O3. The van der Waals surface area contributed by atoms with Crippen LogP contribution in [0.2, 0.25) is 0 Å². The van der Waals surface area contributed by atoms with Gasteiger partial charge in [0.15, 0.2) is 0 Å². The summed E-state index contributed by atoms with van der Waals surface area (Å²) in [5.74, 6) is -0.431. The number of carbonyl (C=O) groups is 3. The SMILES string of the molecule is CCCCCCCNC(=O)N1C(=O)CN(CCCC)C1=O. The Morgan fingerprint density at radius 3 is 2.38 bits per heavy atom. The maximum Gasteiger partial charge on any atom is 0.335 e. The first-order valence-electron chi connectivity index (χ1n) is 8.01. The van der Waals surface area contributed by atoms with Gasteiger partial charge in [0, 0.05) is 13.1 Å². The predicted molar refractivity (Wildman–Crippen MR) is 80.9 cm³/mol. The van der Waals surface area contributed by atoms with Crippen molar-refractivity contribution < 1.29 is 14.4 Å². The molecule has 5 amide bonds. The first kappa shape index (κ1) is 17.5. The van der Waals surface area contributed by atoms with Gasteiger partial charge < -0.3 is 10.2 Å². The number of carbonyl (C=O) groups excluding carboxylic acids is 3. The molecule has 21 heavy (non-hydrogen) atoms. The van der Waals surface area contributed by atoms with Crippen LogP contribution in [0.15, 0.2) is 0 Å². The summed E-state index contributed by atoms with van der Waals surface area (Å²) in [6.07, 6.45) is 7.24. The number of nitrogens with zero attached hydrogens (tertiary/aromatic N) is 2. The summed E-state index contributed by atoms with van der Waals surface area (Å²) in [5, 5.41) is 2.66. The van der Waals surface area contributed by atoms with Gasteiger partial charge in [-0.15, -0.1) is 0 Å². The summed E-state index contributed by atoms with van der Waals surface area (Å²) < 4.78 is 0. The molecule has 6 heteroatoms. The summed E-state index contributed by atoms with van der Waals surface area (Å²) in [7, 11) is 0. The smallest absolute Gasteiger partial charge is 0.335 e. The molecule has 1 aliphatic heterocycles. The molecule has 0 unspecified atom stereocenters. The van der Waals surface area contributed by atoms with Crippen LogP contribution in [0.4, 0.5) is 9.59 Å². The first-order chi connectivity index (χ1) is 10.1. The Labute approximate surface area is 126 Å². The molecule has 0 spiro atoms. The Morgan fingerprint density at radius 2 is 1.71 bits per heavy atom. The highest BCUT2D eigenvalue weighted by molar-refractivity contribution is 6.14.